The number of hydrogen-bond donors (Lipinski definition) is 0. The Bertz CT molecular complexity index is 351. The average Bonchev–Trinajstić information content (AvgIpc) is 2.02. The predicted octanol–water partition coefficient (Wildman–Crippen LogP) is 3.56. The summed E-state index contributed by atoms with van der Waals surface area (Å²) in [6.45, 7) is 0. The summed E-state index contributed by atoms with van der Waals surface area (Å²) in [7, 11) is 0. The van der Waals surface area contributed by atoms with Gasteiger partial charge in [0.25, 0.3) is 5.05 Å². The molecular weight excluding hydrogens is 328 g/mol. The first kappa shape index (κ1) is 11.7. The van der Waals surface area contributed by atoms with Gasteiger partial charge in [-0.3, -0.25) is 0 Å². The highest BCUT2D eigenvalue weighted by Gasteiger charge is 2.36. The van der Waals surface area contributed by atoms with E-state index in [1.165, 1.54) is 12.1 Å². The molecule has 0 aliphatic rings. The van der Waals surface area contributed by atoms with Gasteiger partial charge in [-0.25, -0.2) is 0 Å². The van der Waals surface area contributed by atoms with Crippen LogP contribution in [0.3, 0.4) is 0 Å². The Morgan fingerprint density at radius 1 is 1.36 bits per heavy atom. The molecular formula is C8H4F3IOS. The fourth-order valence-electron chi connectivity index (χ4n) is 0.695. The molecule has 14 heavy (non-hydrogen) atoms. The van der Waals surface area contributed by atoms with Gasteiger partial charge in [0.2, 0.25) is 0 Å². The second kappa shape index (κ2) is 4.43. The molecule has 1 aromatic rings. The first-order valence-corrected chi connectivity index (χ1v) is 4.93. The van der Waals surface area contributed by atoms with Crippen molar-refractivity contribution in [1.29, 1.82) is 0 Å². The first-order chi connectivity index (χ1) is 6.39. The lowest BCUT2D eigenvalue weighted by Crippen LogP contribution is -2.26. The second-order valence-corrected chi connectivity index (χ2v) is 3.96. The van der Waals surface area contributed by atoms with Crippen LogP contribution in [-0.4, -0.2) is 11.2 Å². The normalized spacial score (nSPS) is 11.1. The minimum atomic E-state index is -4.59. The summed E-state index contributed by atoms with van der Waals surface area (Å²) in [5.41, 5.74) is 0. The molecule has 0 bridgehead atoms. The second-order valence-electron chi connectivity index (χ2n) is 2.34. The summed E-state index contributed by atoms with van der Waals surface area (Å²) in [5, 5.41) is -1.38. The summed E-state index contributed by atoms with van der Waals surface area (Å²) < 4.78 is 41.1. The summed E-state index contributed by atoms with van der Waals surface area (Å²) in [4.78, 5) is 0. The van der Waals surface area contributed by atoms with Crippen molar-refractivity contribution in [3.8, 4) is 5.75 Å². The van der Waals surface area contributed by atoms with E-state index in [0.29, 0.717) is 0 Å². The van der Waals surface area contributed by atoms with Gasteiger partial charge in [-0.2, -0.15) is 13.2 Å². The number of hydrogen-bond acceptors (Lipinski definition) is 2. The van der Waals surface area contributed by atoms with E-state index in [4.69, 9.17) is 0 Å². The number of halogens is 4. The van der Waals surface area contributed by atoms with E-state index >= 15 is 0 Å². The molecule has 1 rings (SSSR count). The lowest BCUT2D eigenvalue weighted by molar-refractivity contribution is -0.0676. The number of ether oxygens (including phenoxy) is 1. The molecule has 0 radical (unpaired) electrons. The zero-order valence-corrected chi connectivity index (χ0v) is 9.61. The third-order valence-electron chi connectivity index (χ3n) is 1.24. The lowest BCUT2D eigenvalue weighted by Gasteiger charge is -2.09. The predicted molar refractivity (Wildman–Crippen MR) is 58.4 cm³/mol. The maximum atomic E-state index is 12.0. The molecule has 6 heteroatoms. The molecule has 0 saturated carbocycles. The van der Waals surface area contributed by atoms with Crippen molar-refractivity contribution < 1.29 is 17.9 Å². The molecule has 0 saturated heterocycles. The highest BCUT2D eigenvalue weighted by Crippen LogP contribution is 2.22. The number of thiocarbonyl (C=S) groups is 1. The van der Waals surface area contributed by atoms with E-state index in [0.717, 1.165) is 3.57 Å². The molecule has 0 amide bonds. The van der Waals surface area contributed by atoms with Gasteiger partial charge in [0.1, 0.15) is 5.75 Å². The number of rotatable bonds is 1. The van der Waals surface area contributed by atoms with Gasteiger partial charge in [-0.1, -0.05) is 6.07 Å². The van der Waals surface area contributed by atoms with Crippen LogP contribution < -0.4 is 4.74 Å². The van der Waals surface area contributed by atoms with E-state index in [2.05, 4.69) is 17.0 Å². The molecule has 0 heterocycles. The molecule has 76 valence electrons. The van der Waals surface area contributed by atoms with Crippen molar-refractivity contribution in [3.63, 3.8) is 0 Å². The molecule has 1 nitrogen and oxygen atoms in total. The Kier molecular flexibility index (Phi) is 3.71. The maximum absolute atomic E-state index is 12.0. The summed E-state index contributed by atoms with van der Waals surface area (Å²) in [6.07, 6.45) is -4.59. The van der Waals surface area contributed by atoms with Crippen LogP contribution in [0.4, 0.5) is 13.2 Å². The smallest absolute Gasteiger partial charge is 0.441 e. The molecule has 0 N–H and O–H groups in total. The van der Waals surface area contributed by atoms with Gasteiger partial charge in [0, 0.05) is 3.57 Å². The van der Waals surface area contributed by atoms with E-state index in [1.807, 2.05) is 22.6 Å². The van der Waals surface area contributed by atoms with Gasteiger partial charge in [-0.05, 0) is 53.0 Å². The summed E-state index contributed by atoms with van der Waals surface area (Å²) in [5.74, 6) is 0.0965. The molecule has 0 spiro atoms. The zero-order valence-electron chi connectivity index (χ0n) is 6.64. The fraction of sp³-hybridized carbons (Fsp3) is 0.125. The number of alkyl halides is 3. The quantitative estimate of drug-likeness (QED) is 0.575. The van der Waals surface area contributed by atoms with Crippen molar-refractivity contribution in [2.24, 2.45) is 0 Å². The molecule has 0 aromatic heterocycles. The SMILES string of the molecule is FC(F)(F)C(=S)Oc1cccc(I)c1. The van der Waals surface area contributed by atoms with E-state index in [-0.39, 0.29) is 5.75 Å². The standard InChI is InChI=1S/C8H4F3IOS/c9-8(10,11)7(14)13-6-3-1-2-5(12)4-6/h1-4H. The fourth-order valence-corrected chi connectivity index (χ4v) is 1.31. The van der Waals surface area contributed by atoms with Crippen LogP contribution in [0.1, 0.15) is 0 Å². The van der Waals surface area contributed by atoms with Crippen LogP contribution in [0, 0.1) is 3.57 Å². The maximum Gasteiger partial charge on any atom is 0.460 e. The minimum Gasteiger partial charge on any atom is -0.441 e. The molecule has 0 aliphatic heterocycles. The Hall–Kier alpha value is -0.370. The van der Waals surface area contributed by atoms with Crippen LogP contribution in [0.25, 0.3) is 0 Å². The van der Waals surface area contributed by atoms with Crippen LogP contribution in [-0.2, 0) is 0 Å². The molecule has 0 fully saturated rings. The Balaban J connectivity index is 2.75. The molecule has 1 aromatic carbocycles. The van der Waals surface area contributed by atoms with Crippen molar-refractivity contribution in [2.45, 2.75) is 6.18 Å². The van der Waals surface area contributed by atoms with Crippen LogP contribution in [0.5, 0.6) is 5.75 Å². The third kappa shape index (κ3) is 3.41. The van der Waals surface area contributed by atoms with Gasteiger partial charge in [-0.15, -0.1) is 0 Å². The highest BCUT2D eigenvalue weighted by atomic mass is 127. The van der Waals surface area contributed by atoms with Crippen molar-refractivity contribution in [2.75, 3.05) is 0 Å². The van der Waals surface area contributed by atoms with E-state index < -0.39 is 11.2 Å². The van der Waals surface area contributed by atoms with Crippen LogP contribution >= 0.6 is 34.8 Å². The van der Waals surface area contributed by atoms with Crippen LogP contribution in [0.2, 0.25) is 0 Å². The third-order valence-corrected chi connectivity index (χ3v) is 2.22. The van der Waals surface area contributed by atoms with E-state index in [1.54, 1.807) is 12.1 Å². The van der Waals surface area contributed by atoms with E-state index in [9.17, 15) is 13.2 Å². The monoisotopic (exact) mass is 332 g/mol. The Morgan fingerprint density at radius 2 is 2.00 bits per heavy atom. The lowest BCUT2D eigenvalue weighted by atomic mass is 10.3. The first-order valence-electron chi connectivity index (χ1n) is 3.44. The largest absolute Gasteiger partial charge is 0.460 e. The molecule has 0 atom stereocenters. The van der Waals surface area contributed by atoms with Gasteiger partial charge in [0.15, 0.2) is 0 Å². The molecule has 0 unspecified atom stereocenters. The minimum absolute atomic E-state index is 0.0965. The highest BCUT2D eigenvalue weighted by molar-refractivity contribution is 14.1. The Morgan fingerprint density at radius 3 is 2.50 bits per heavy atom. The zero-order chi connectivity index (χ0) is 10.8. The summed E-state index contributed by atoms with van der Waals surface area (Å²) >= 11 is 6.04. The van der Waals surface area contributed by atoms with Crippen molar-refractivity contribution >= 4 is 39.9 Å². The van der Waals surface area contributed by atoms with Crippen molar-refractivity contribution in [3.05, 3.63) is 27.8 Å². The van der Waals surface area contributed by atoms with Gasteiger partial charge >= 0.3 is 6.18 Å². The van der Waals surface area contributed by atoms with Crippen LogP contribution in [0.15, 0.2) is 24.3 Å². The van der Waals surface area contributed by atoms with Crippen molar-refractivity contribution in [1.82, 2.24) is 0 Å². The van der Waals surface area contributed by atoms with Gasteiger partial charge < -0.3 is 4.74 Å². The molecule has 0 aliphatic carbocycles. The Labute approximate surface area is 97.4 Å². The average molecular weight is 332 g/mol. The number of benzene rings is 1. The van der Waals surface area contributed by atoms with Gasteiger partial charge in [0.05, 0.1) is 0 Å². The topological polar surface area (TPSA) is 9.23 Å². The summed E-state index contributed by atoms with van der Waals surface area (Å²) in [6, 6.07) is 6.22.